The second-order valence-electron chi connectivity index (χ2n) is 19.6. The highest BCUT2D eigenvalue weighted by molar-refractivity contribution is 5.76. The van der Waals surface area contributed by atoms with Crippen LogP contribution in [0.2, 0.25) is 0 Å². The molecule has 1 heterocycles. The summed E-state index contributed by atoms with van der Waals surface area (Å²) in [6.07, 6.45) is 46.5. The second kappa shape index (κ2) is 47.2. The van der Waals surface area contributed by atoms with Crippen LogP contribution in [0.5, 0.6) is 0 Å². The highest BCUT2D eigenvalue weighted by Crippen LogP contribution is 2.23. The van der Waals surface area contributed by atoms with Crippen LogP contribution in [0.25, 0.3) is 0 Å². The first kappa shape index (κ1) is 63.9. The predicted octanol–water partition coefficient (Wildman–Crippen LogP) is 12.3. The standard InChI is InChI=1S/C57H105NO10/c1-3-5-7-9-11-13-15-24-27-31-35-39-43-50(60)49(48-67-57-56(65)55(64)54(63)51(47-59)68-57)58-52(61)44-40-36-32-28-25-21-19-17-16-18-20-22-26-30-34-38-42-46-66-53(62)45-41-37-33-29-23-14-12-10-8-6-4-2/h16,18,24,27,39,43,49-51,54-57,59-60,63-65H,3-15,17,19-23,25-26,28-38,40-42,44-48H2,1-2H3,(H,58,61)/b18-16-,27-24+,43-39+. The Morgan fingerprint density at radius 1 is 0.529 bits per heavy atom. The molecule has 0 aromatic carbocycles. The highest BCUT2D eigenvalue weighted by Gasteiger charge is 2.44. The van der Waals surface area contributed by atoms with E-state index in [4.69, 9.17) is 14.2 Å². The zero-order valence-electron chi connectivity index (χ0n) is 43.6. The van der Waals surface area contributed by atoms with Gasteiger partial charge in [0.15, 0.2) is 6.29 Å². The summed E-state index contributed by atoms with van der Waals surface area (Å²) >= 11 is 0. The fourth-order valence-electron chi connectivity index (χ4n) is 8.68. The largest absolute Gasteiger partial charge is 0.466 e. The molecule has 0 saturated carbocycles. The molecule has 11 heteroatoms. The number of hydrogen-bond donors (Lipinski definition) is 6. The van der Waals surface area contributed by atoms with Crippen molar-refractivity contribution in [1.82, 2.24) is 5.32 Å². The van der Waals surface area contributed by atoms with Gasteiger partial charge in [-0.3, -0.25) is 9.59 Å². The van der Waals surface area contributed by atoms with Gasteiger partial charge >= 0.3 is 5.97 Å². The average Bonchev–Trinajstić information content (AvgIpc) is 3.33. The Morgan fingerprint density at radius 2 is 0.956 bits per heavy atom. The average molecular weight is 964 g/mol. The van der Waals surface area contributed by atoms with Crippen LogP contribution in [0.1, 0.15) is 251 Å². The third-order valence-corrected chi connectivity index (χ3v) is 13.2. The van der Waals surface area contributed by atoms with E-state index in [0.29, 0.717) is 19.4 Å². The number of ether oxygens (including phenoxy) is 3. The number of nitrogens with one attached hydrogen (secondary N) is 1. The van der Waals surface area contributed by atoms with Crippen molar-refractivity contribution in [3.05, 3.63) is 36.5 Å². The van der Waals surface area contributed by atoms with Gasteiger partial charge in [0.25, 0.3) is 0 Å². The zero-order chi connectivity index (χ0) is 49.6. The van der Waals surface area contributed by atoms with Crippen molar-refractivity contribution >= 4 is 11.9 Å². The van der Waals surface area contributed by atoms with Crippen LogP contribution >= 0.6 is 0 Å². The fraction of sp³-hybridized carbons (Fsp3) is 0.860. The van der Waals surface area contributed by atoms with E-state index in [1.54, 1.807) is 6.08 Å². The lowest BCUT2D eigenvalue weighted by atomic mass is 9.99. The van der Waals surface area contributed by atoms with Gasteiger partial charge in [0.1, 0.15) is 24.4 Å². The lowest BCUT2D eigenvalue weighted by molar-refractivity contribution is -0.302. The van der Waals surface area contributed by atoms with Crippen molar-refractivity contribution in [1.29, 1.82) is 0 Å². The normalized spacial score (nSPS) is 19.7. The third kappa shape index (κ3) is 36.8. The molecule has 11 nitrogen and oxygen atoms in total. The van der Waals surface area contributed by atoms with E-state index in [2.05, 4.69) is 43.5 Å². The van der Waals surface area contributed by atoms with Crippen LogP contribution in [0.15, 0.2) is 36.5 Å². The van der Waals surface area contributed by atoms with Gasteiger partial charge in [-0.2, -0.15) is 0 Å². The van der Waals surface area contributed by atoms with E-state index < -0.39 is 49.5 Å². The van der Waals surface area contributed by atoms with Crippen molar-refractivity contribution in [3.8, 4) is 0 Å². The van der Waals surface area contributed by atoms with Crippen molar-refractivity contribution < 1.29 is 49.3 Å². The smallest absolute Gasteiger partial charge is 0.305 e. The van der Waals surface area contributed by atoms with E-state index in [9.17, 15) is 35.1 Å². The summed E-state index contributed by atoms with van der Waals surface area (Å²) < 4.78 is 16.7. The summed E-state index contributed by atoms with van der Waals surface area (Å²) in [5.41, 5.74) is 0. The minimum Gasteiger partial charge on any atom is -0.466 e. The molecule has 0 aromatic heterocycles. The first-order chi connectivity index (χ1) is 33.2. The molecule has 7 unspecified atom stereocenters. The molecule has 1 amide bonds. The third-order valence-electron chi connectivity index (χ3n) is 13.2. The molecule has 1 aliphatic rings. The van der Waals surface area contributed by atoms with Crippen molar-refractivity contribution in [2.24, 2.45) is 0 Å². The van der Waals surface area contributed by atoms with Gasteiger partial charge in [-0.25, -0.2) is 0 Å². The van der Waals surface area contributed by atoms with Gasteiger partial charge in [-0.1, -0.05) is 204 Å². The maximum absolute atomic E-state index is 13.0. The van der Waals surface area contributed by atoms with Crippen LogP contribution in [-0.4, -0.2) is 100 Å². The molecule has 0 aliphatic carbocycles. The van der Waals surface area contributed by atoms with E-state index in [-0.39, 0.29) is 18.5 Å². The SMILES string of the molecule is CCCCCCCC/C=C/CC/C=C/C(O)C(COC1OC(CO)C(O)C(O)C1O)NC(=O)CCCCCCCCC/C=C\CCCCCCCCOC(=O)CCCCCCCCCCCCC. The molecule has 1 aliphatic heterocycles. The van der Waals surface area contributed by atoms with Crippen molar-refractivity contribution in [2.45, 2.75) is 294 Å². The monoisotopic (exact) mass is 964 g/mol. The Kier molecular flexibility index (Phi) is 44.4. The number of amides is 1. The lowest BCUT2D eigenvalue weighted by Crippen LogP contribution is -2.60. The molecule has 0 aromatic rings. The molecule has 7 atom stereocenters. The number of rotatable bonds is 48. The topological polar surface area (TPSA) is 175 Å². The molecule has 398 valence electrons. The summed E-state index contributed by atoms with van der Waals surface area (Å²) in [7, 11) is 0. The Labute approximate surface area is 415 Å². The summed E-state index contributed by atoms with van der Waals surface area (Å²) in [5, 5.41) is 54.2. The molecule has 6 N–H and O–H groups in total. The minimum absolute atomic E-state index is 0.0201. The number of unbranched alkanes of at least 4 members (excludes halogenated alkanes) is 30. The Morgan fingerprint density at radius 3 is 1.46 bits per heavy atom. The summed E-state index contributed by atoms with van der Waals surface area (Å²) in [5.74, 6) is -0.225. The Bertz CT molecular complexity index is 1230. The van der Waals surface area contributed by atoms with Crippen LogP contribution in [0.3, 0.4) is 0 Å². The molecule has 1 saturated heterocycles. The van der Waals surface area contributed by atoms with Gasteiger partial charge in [0.2, 0.25) is 5.91 Å². The molecule has 0 radical (unpaired) electrons. The minimum atomic E-state index is -1.58. The predicted molar refractivity (Wildman–Crippen MR) is 278 cm³/mol. The van der Waals surface area contributed by atoms with E-state index in [1.807, 2.05) is 6.08 Å². The molecule has 1 fully saturated rings. The van der Waals surface area contributed by atoms with E-state index in [0.717, 1.165) is 83.5 Å². The number of carbonyl (C=O) groups excluding carboxylic acids is 2. The maximum atomic E-state index is 13.0. The van der Waals surface area contributed by atoms with E-state index in [1.165, 1.54) is 141 Å². The van der Waals surface area contributed by atoms with Gasteiger partial charge in [0.05, 0.1) is 32.0 Å². The number of hydrogen-bond acceptors (Lipinski definition) is 10. The number of allylic oxidation sites excluding steroid dienone is 5. The second-order valence-corrected chi connectivity index (χ2v) is 19.6. The van der Waals surface area contributed by atoms with Gasteiger partial charge in [0, 0.05) is 12.8 Å². The van der Waals surface area contributed by atoms with Crippen LogP contribution in [0.4, 0.5) is 0 Å². The lowest BCUT2D eigenvalue weighted by Gasteiger charge is -2.40. The molecule has 68 heavy (non-hydrogen) atoms. The Hall–Kier alpha value is -2.12. The van der Waals surface area contributed by atoms with Crippen LogP contribution in [-0.2, 0) is 23.8 Å². The molecule has 1 rings (SSSR count). The quantitative estimate of drug-likeness (QED) is 0.0196. The molecule has 0 spiro atoms. The summed E-state index contributed by atoms with van der Waals surface area (Å²) in [6.45, 7) is 4.27. The van der Waals surface area contributed by atoms with Gasteiger partial charge in [-0.05, 0) is 70.6 Å². The number of esters is 1. The van der Waals surface area contributed by atoms with Gasteiger partial charge < -0.3 is 45.1 Å². The summed E-state index contributed by atoms with van der Waals surface area (Å²) in [4.78, 5) is 25.0. The fourth-order valence-corrected chi connectivity index (χ4v) is 8.68. The zero-order valence-corrected chi connectivity index (χ0v) is 43.6. The van der Waals surface area contributed by atoms with Crippen molar-refractivity contribution in [2.75, 3.05) is 19.8 Å². The molecule has 0 bridgehead atoms. The number of carbonyl (C=O) groups is 2. The first-order valence-corrected chi connectivity index (χ1v) is 28.3. The van der Waals surface area contributed by atoms with Crippen LogP contribution in [0, 0.1) is 0 Å². The Balaban J connectivity index is 2.14. The molecular weight excluding hydrogens is 859 g/mol. The van der Waals surface area contributed by atoms with Crippen LogP contribution < -0.4 is 5.32 Å². The highest BCUT2D eigenvalue weighted by atomic mass is 16.7. The number of aliphatic hydroxyl groups is 5. The summed E-state index contributed by atoms with van der Waals surface area (Å²) in [6, 6.07) is -0.836. The van der Waals surface area contributed by atoms with Gasteiger partial charge in [-0.15, -0.1) is 0 Å². The number of aliphatic hydroxyl groups excluding tert-OH is 5. The van der Waals surface area contributed by atoms with E-state index >= 15 is 0 Å². The maximum Gasteiger partial charge on any atom is 0.305 e. The molecular formula is C57H105NO10. The van der Waals surface area contributed by atoms with Crippen molar-refractivity contribution in [3.63, 3.8) is 0 Å². The first-order valence-electron chi connectivity index (χ1n) is 28.3.